The summed E-state index contributed by atoms with van der Waals surface area (Å²) in [6.45, 7) is 2.83. The van der Waals surface area contributed by atoms with Crippen LogP contribution in [0.1, 0.15) is 0 Å². The lowest BCUT2D eigenvalue weighted by molar-refractivity contribution is 0.274. The first-order valence-electron chi connectivity index (χ1n) is 3.16. The zero-order valence-corrected chi connectivity index (χ0v) is 5.18. The molecule has 0 aromatic carbocycles. The summed E-state index contributed by atoms with van der Waals surface area (Å²) in [6.07, 6.45) is 3.81. The summed E-state index contributed by atoms with van der Waals surface area (Å²) in [6, 6.07) is 0. The Bertz CT molecular complexity index is 181. The van der Waals surface area contributed by atoms with Crippen LogP contribution in [-0.2, 0) is 4.74 Å². The van der Waals surface area contributed by atoms with Crippen LogP contribution in [0, 0.1) is 0 Å². The molecule has 48 valence electrons. The maximum Gasteiger partial charge on any atom is 0.110 e. The van der Waals surface area contributed by atoms with E-state index in [1.165, 1.54) is 11.1 Å². The Labute approximate surface area is 54.2 Å². The van der Waals surface area contributed by atoms with Gasteiger partial charge in [0.15, 0.2) is 0 Å². The molecule has 2 heterocycles. The van der Waals surface area contributed by atoms with Gasteiger partial charge < -0.3 is 10.1 Å². The third kappa shape index (κ3) is 0.754. The van der Waals surface area contributed by atoms with Crippen LogP contribution in [0.5, 0.6) is 0 Å². The lowest BCUT2D eigenvalue weighted by atomic mass is 10.1. The van der Waals surface area contributed by atoms with E-state index < -0.39 is 0 Å². The van der Waals surface area contributed by atoms with Gasteiger partial charge in [-0.3, -0.25) is 0 Å². The van der Waals surface area contributed by atoms with Crippen LogP contribution in [0.4, 0.5) is 0 Å². The van der Waals surface area contributed by atoms with E-state index in [2.05, 4.69) is 5.32 Å². The van der Waals surface area contributed by atoms with E-state index in [0.717, 1.165) is 19.7 Å². The van der Waals surface area contributed by atoms with E-state index in [1.807, 2.05) is 6.08 Å². The van der Waals surface area contributed by atoms with Gasteiger partial charge in [-0.25, -0.2) is 0 Å². The quantitative estimate of drug-likeness (QED) is 0.504. The molecular weight excluding hydrogens is 114 g/mol. The lowest BCUT2D eigenvalue weighted by Crippen LogP contribution is -2.09. The monoisotopic (exact) mass is 123 g/mol. The molecule has 0 bridgehead atoms. The van der Waals surface area contributed by atoms with Crippen LogP contribution in [0.15, 0.2) is 23.5 Å². The predicted octanol–water partition coefficient (Wildman–Crippen LogP) is 0.430. The fraction of sp³-hybridized carbons (Fsp3) is 0.429. The molecule has 0 aromatic heterocycles. The highest BCUT2D eigenvalue weighted by Gasteiger charge is 2.13. The van der Waals surface area contributed by atoms with Crippen molar-refractivity contribution in [3.05, 3.63) is 23.5 Å². The molecule has 0 atom stereocenters. The fourth-order valence-corrected chi connectivity index (χ4v) is 1.19. The van der Waals surface area contributed by atoms with Crippen LogP contribution < -0.4 is 5.32 Å². The van der Waals surface area contributed by atoms with Gasteiger partial charge in [0, 0.05) is 13.1 Å². The zero-order valence-electron chi connectivity index (χ0n) is 5.18. The van der Waals surface area contributed by atoms with Gasteiger partial charge in [-0.1, -0.05) is 0 Å². The van der Waals surface area contributed by atoms with Crippen LogP contribution in [0.3, 0.4) is 0 Å². The summed E-state index contributed by atoms with van der Waals surface area (Å²) >= 11 is 0. The van der Waals surface area contributed by atoms with E-state index in [0.29, 0.717) is 0 Å². The first kappa shape index (κ1) is 5.06. The summed E-state index contributed by atoms with van der Waals surface area (Å²) in [5.41, 5.74) is 2.83. The largest absolute Gasteiger partial charge is 0.497 e. The molecule has 2 rings (SSSR count). The Morgan fingerprint density at radius 2 is 2.44 bits per heavy atom. The standard InChI is InChI=1S/C7H9NO/c1-2-9-5-7-4-8-3-6(1)7/h1-2,8H,3-5H2. The molecule has 0 unspecified atom stereocenters. The molecule has 0 amide bonds. The average Bonchev–Trinajstić information content (AvgIpc) is 2.33. The van der Waals surface area contributed by atoms with Crippen molar-refractivity contribution in [2.24, 2.45) is 0 Å². The smallest absolute Gasteiger partial charge is 0.110 e. The summed E-state index contributed by atoms with van der Waals surface area (Å²) < 4.78 is 5.10. The minimum Gasteiger partial charge on any atom is -0.497 e. The maximum atomic E-state index is 5.10. The second kappa shape index (κ2) is 1.88. The molecular formula is C7H9NO. The molecule has 0 fully saturated rings. The Morgan fingerprint density at radius 3 is 3.33 bits per heavy atom. The molecule has 2 nitrogen and oxygen atoms in total. The Balaban J connectivity index is 2.28. The van der Waals surface area contributed by atoms with E-state index in [1.54, 1.807) is 6.26 Å². The highest BCUT2D eigenvalue weighted by Crippen LogP contribution is 2.14. The second-order valence-electron chi connectivity index (χ2n) is 2.35. The van der Waals surface area contributed by atoms with Crippen LogP contribution in [0.2, 0.25) is 0 Å². The van der Waals surface area contributed by atoms with E-state index >= 15 is 0 Å². The first-order chi connectivity index (χ1) is 4.47. The van der Waals surface area contributed by atoms with Crippen molar-refractivity contribution in [1.82, 2.24) is 5.32 Å². The summed E-state index contributed by atoms with van der Waals surface area (Å²) in [7, 11) is 0. The second-order valence-corrected chi connectivity index (χ2v) is 2.35. The summed E-state index contributed by atoms with van der Waals surface area (Å²) in [5, 5.41) is 3.26. The average molecular weight is 123 g/mol. The van der Waals surface area contributed by atoms with Crippen molar-refractivity contribution in [2.45, 2.75) is 0 Å². The normalized spacial score (nSPS) is 24.0. The highest BCUT2D eigenvalue weighted by atomic mass is 16.5. The first-order valence-corrected chi connectivity index (χ1v) is 3.16. The van der Waals surface area contributed by atoms with Gasteiger partial charge in [0.2, 0.25) is 0 Å². The molecule has 0 aliphatic carbocycles. The van der Waals surface area contributed by atoms with Gasteiger partial charge in [-0.15, -0.1) is 0 Å². The van der Waals surface area contributed by atoms with Crippen molar-refractivity contribution < 1.29 is 4.74 Å². The van der Waals surface area contributed by atoms with Crippen molar-refractivity contribution in [1.29, 1.82) is 0 Å². The van der Waals surface area contributed by atoms with E-state index in [9.17, 15) is 0 Å². The number of rotatable bonds is 0. The SMILES string of the molecule is C1=CC2=C(CNC2)CO1. The van der Waals surface area contributed by atoms with E-state index in [-0.39, 0.29) is 0 Å². The number of hydrogen-bond acceptors (Lipinski definition) is 2. The number of hydrogen-bond donors (Lipinski definition) is 1. The highest BCUT2D eigenvalue weighted by molar-refractivity contribution is 5.33. The Kier molecular flexibility index (Phi) is 1.06. The van der Waals surface area contributed by atoms with Crippen molar-refractivity contribution >= 4 is 0 Å². The van der Waals surface area contributed by atoms with Gasteiger partial charge in [-0.05, 0) is 17.2 Å². The van der Waals surface area contributed by atoms with Crippen LogP contribution in [-0.4, -0.2) is 19.7 Å². The molecule has 0 saturated carbocycles. The predicted molar refractivity (Wildman–Crippen MR) is 35.0 cm³/mol. The Morgan fingerprint density at radius 1 is 1.44 bits per heavy atom. The van der Waals surface area contributed by atoms with Crippen LogP contribution >= 0.6 is 0 Å². The van der Waals surface area contributed by atoms with Crippen molar-refractivity contribution in [2.75, 3.05) is 19.7 Å². The maximum absolute atomic E-state index is 5.10. The molecule has 0 aromatic rings. The molecule has 1 N–H and O–H groups in total. The minimum absolute atomic E-state index is 0.791. The van der Waals surface area contributed by atoms with Gasteiger partial charge in [0.05, 0.1) is 6.26 Å². The molecule has 2 heteroatoms. The molecule has 0 saturated heterocycles. The molecule has 0 spiro atoms. The number of nitrogens with one attached hydrogen (secondary N) is 1. The lowest BCUT2D eigenvalue weighted by Gasteiger charge is -2.07. The van der Waals surface area contributed by atoms with Gasteiger partial charge in [0.1, 0.15) is 6.61 Å². The number of ether oxygens (including phenoxy) is 1. The van der Waals surface area contributed by atoms with Gasteiger partial charge >= 0.3 is 0 Å². The van der Waals surface area contributed by atoms with Gasteiger partial charge in [-0.2, -0.15) is 0 Å². The minimum atomic E-state index is 0.791. The molecule has 2 aliphatic rings. The third-order valence-electron chi connectivity index (χ3n) is 1.73. The van der Waals surface area contributed by atoms with E-state index in [4.69, 9.17) is 4.74 Å². The molecule has 0 radical (unpaired) electrons. The third-order valence-corrected chi connectivity index (χ3v) is 1.73. The summed E-state index contributed by atoms with van der Waals surface area (Å²) in [5.74, 6) is 0. The molecule has 2 aliphatic heterocycles. The zero-order chi connectivity index (χ0) is 6.10. The van der Waals surface area contributed by atoms with Gasteiger partial charge in [0.25, 0.3) is 0 Å². The Hall–Kier alpha value is -0.760. The summed E-state index contributed by atoms with van der Waals surface area (Å²) in [4.78, 5) is 0. The van der Waals surface area contributed by atoms with Crippen molar-refractivity contribution in [3.63, 3.8) is 0 Å². The fourth-order valence-electron chi connectivity index (χ4n) is 1.19. The topological polar surface area (TPSA) is 21.3 Å². The molecule has 9 heavy (non-hydrogen) atoms. The van der Waals surface area contributed by atoms with Crippen molar-refractivity contribution in [3.8, 4) is 0 Å². The van der Waals surface area contributed by atoms with Crippen LogP contribution in [0.25, 0.3) is 0 Å².